The summed E-state index contributed by atoms with van der Waals surface area (Å²) in [6.07, 6.45) is 6.82. The summed E-state index contributed by atoms with van der Waals surface area (Å²) in [7, 11) is 0. The second-order valence-electron chi connectivity index (χ2n) is 5.50. The zero-order valence-corrected chi connectivity index (χ0v) is 13.1. The predicted molar refractivity (Wildman–Crippen MR) is 84.9 cm³/mol. The second-order valence-corrected chi connectivity index (χ2v) is 6.48. The molecule has 1 amide bonds. The summed E-state index contributed by atoms with van der Waals surface area (Å²) in [6.45, 7) is 0. The number of carbonyl (C=O) groups excluding carboxylic acids is 1. The molecule has 2 aromatic heterocycles. The summed E-state index contributed by atoms with van der Waals surface area (Å²) in [5.41, 5.74) is 0.851. The van der Waals surface area contributed by atoms with Crippen molar-refractivity contribution in [1.29, 1.82) is 0 Å². The van der Waals surface area contributed by atoms with Crippen LogP contribution in [0, 0.1) is 11.8 Å². The third kappa shape index (κ3) is 3.53. The van der Waals surface area contributed by atoms with Crippen molar-refractivity contribution >= 4 is 28.3 Å². The van der Waals surface area contributed by atoms with Crippen molar-refractivity contribution in [2.24, 2.45) is 11.8 Å². The number of carbonyl (C=O) groups is 2. The van der Waals surface area contributed by atoms with Gasteiger partial charge in [-0.25, -0.2) is 0 Å². The number of anilines is 1. The molecule has 1 unspecified atom stereocenters. The van der Waals surface area contributed by atoms with E-state index in [4.69, 9.17) is 0 Å². The van der Waals surface area contributed by atoms with Crippen LogP contribution in [0.25, 0.3) is 10.6 Å². The minimum absolute atomic E-state index is 0.0971. The highest BCUT2D eigenvalue weighted by Crippen LogP contribution is 2.33. The molecule has 1 atom stereocenters. The smallest absolute Gasteiger partial charge is 0.316 e. The summed E-state index contributed by atoms with van der Waals surface area (Å²) in [4.78, 5) is 27.7. The summed E-state index contributed by atoms with van der Waals surface area (Å²) in [6, 6.07) is 3.59. The molecule has 8 heteroatoms. The molecular weight excluding hydrogens is 316 g/mol. The van der Waals surface area contributed by atoms with Crippen LogP contribution in [0.1, 0.15) is 25.7 Å². The zero-order valence-electron chi connectivity index (χ0n) is 12.3. The number of hydrogen-bond donors (Lipinski definition) is 2. The number of pyridine rings is 1. The molecule has 0 radical (unpaired) electrons. The first-order valence-corrected chi connectivity index (χ1v) is 8.24. The number of carboxylic acids is 1. The van der Waals surface area contributed by atoms with E-state index in [1.807, 2.05) is 0 Å². The Labute approximate surface area is 136 Å². The molecule has 23 heavy (non-hydrogen) atoms. The minimum Gasteiger partial charge on any atom is -0.481 e. The highest BCUT2D eigenvalue weighted by atomic mass is 32.1. The molecule has 2 aromatic rings. The Bertz CT molecular complexity index is 698. The van der Waals surface area contributed by atoms with Gasteiger partial charge in [-0.05, 0) is 30.9 Å². The maximum absolute atomic E-state index is 12.3. The van der Waals surface area contributed by atoms with Gasteiger partial charge in [0.2, 0.25) is 11.0 Å². The van der Waals surface area contributed by atoms with Gasteiger partial charge in [0.1, 0.15) is 10.9 Å². The molecular formula is C15H16N4O3S. The Balaban J connectivity index is 1.72. The predicted octanol–water partition coefficient (Wildman–Crippen LogP) is 2.43. The molecule has 0 aliphatic heterocycles. The van der Waals surface area contributed by atoms with Crippen molar-refractivity contribution in [3.8, 4) is 10.6 Å². The fourth-order valence-corrected chi connectivity index (χ4v) is 3.64. The van der Waals surface area contributed by atoms with E-state index in [0.717, 1.165) is 31.2 Å². The van der Waals surface area contributed by atoms with Crippen molar-refractivity contribution in [3.05, 3.63) is 24.5 Å². The van der Waals surface area contributed by atoms with Crippen LogP contribution >= 0.6 is 11.3 Å². The van der Waals surface area contributed by atoms with Crippen molar-refractivity contribution in [2.45, 2.75) is 25.7 Å². The summed E-state index contributed by atoms with van der Waals surface area (Å²) in [5, 5.41) is 20.9. The van der Waals surface area contributed by atoms with Crippen molar-refractivity contribution < 1.29 is 14.7 Å². The Morgan fingerprint density at radius 1 is 1.22 bits per heavy atom. The van der Waals surface area contributed by atoms with Crippen LogP contribution in [0.5, 0.6) is 0 Å². The van der Waals surface area contributed by atoms with Gasteiger partial charge in [0.25, 0.3) is 0 Å². The first kappa shape index (κ1) is 15.5. The molecule has 7 nitrogen and oxygen atoms in total. The number of nitrogens with zero attached hydrogens (tertiary/aromatic N) is 3. The van der Waals surface area contributed by atoms with E-state index < -0.39 is 17.8 Å². The molecule has 2 N–H and O–H groups in total. The molecule has 0 spiro atoms. The average molecular weight is 332 g/mol. The van der Waals surface area contributed by atoms with Gasteiger partial charge in [0, 0.05) is 18.0 Å². The number of aliphatic carboxylic acids is 1. The van der Waals surface area contributed by atoms with E-state index in [-0.39, 0.29) is 5.92 Å². The molecule has 1 aliphatic rings. The largest absolute Gasteiger partial charge is 0.481 e. The molecule has 1 saturated carbocycles. The molecule has 1 fully saturated rings. The number of nitrogens with one attached hydrogen (secondary N) is 1. The number of carboxylic acid groups (broad SMARTS) is 1. The molecule has 2 heterocycles. The zero-order chi connectivity index (χ0) is 16.2. The van der Waals surface area contributed by atoms with Gasteiger partial charge in [-0.3, -0.25) is 19.9 Å². The molecule has 0 bridgehead atoms. The molecule has 120 valence electrons. The van der Waals surface area contributed by atoms with Crippen molar-refractivity contribution in [2.75, 3.05) is 5.32 Å². The van der Waals surface area contributed by atoms with Crippen molar-refractivity contribution in [3.63, 3.8) is 0 Å². The van der Waals surface area contributed by atoms with Crippen LogP contribution in [0.15, 0.2) is 24.5 Å². The lowest BCUT2D eigenvalue weighted by atomic mass is 9.90. The van der Waals surface area contributed by atoms with Gasteiger partial charge in [-0.2, -0.15) is 0 Å². The summed E-state index contributed by atoms with van der Waals surface area (Å²) in [5.74, 6) is -2.71. The lowest BCUT2D eigenvalue weighted by Crippen LogP contribution is -2.34. The lowest BCUT2D eigenvalue weighted by Gasteiger charge is -2.17. The Morgan fingerprint density at radius 2 is 1.91 bits per heavy atom. The Morgan fingerprint density at radius 3 is 2.57 bits per heavy atom. The van der Waals surface area contributed by atoms with Gasteiger partial charge in [-0.15, -0.1) is 10.2 Å². The van der Waals surface area contributed by atoms with Crippen LogP contribution in [-0.2, 0) is 9.59 Å². The fraction of sp³-hybridized carbons (Fsp3) is 0.400. The highest BCUT2D eigenvalue weighted by molar-refractivity contribution is 7.18. The third-order valence-corrected chi connectivity index (χ3v) is 4.89. The normalized spacial score (nSPS) is 16.2. The number of rotatable bonds is 5. The van der Waals surface area contributed by atoms with Gasteiger partial charge in [0.15, 0.2) is 0 Å². The van der Waals surface area contributed by atoms with Gasteiger partial charge in [0.05, 0.1) is 0 Å². The van der Waals surface area contributed by atoms with Crippen molar-refractivity contribution in [1.82, 2.24) is 15.2 Å². The Hall–Kier alpha value is -2.35. The summed E-state index contributed by atoms with van der Waals surface area (Å²) >= 11 is 1.21. The number of aromatic nitrogens is 3. The van der Waals surface area contributed by atoms with Crippen LogP contribution in [0.2, 0.25) is 0 Å². The van der Waals surface area contributed by atoms with E-state index in [9.17, 15) is 14.7 Å². The topological polar surface area (TPSA) is 105 Å². The van der Waals surface area contributed by atoms with E-state index >= 15 is 0 Å². The SMILES string of the molecule is O=C(O)C(C(=O)Nc1nnc(-c2ccncc2)s1)C1CCCC1. The molecule has 0 aromatic carbocycles. The standard InChI is InChI=1S/C15H16N4O3S/c20-12(11(14(21)22)9-3-1-2-4-9)17-15-19-18-13(23-15)10-5-7-16-8-6-10/h5-9,11H,1-4H2,(H,21,22)(H,17,19,20). The van der Waals surface area contributed by atoms with E-state index in [0.29, 0.717) is 10.1 Å². The number of hydrogen-bond acceptors (Lipinski definition) is 6. The third-order valence-electron chi connectivity index (χ3n) is 4.00. The van der Waals surface area contributed by atoms with Gasteiger partial charge in [-0.1, -0.05) is 24.2 Å². The maximum Gasteiger partial charge on any atom is 0.316 e. The van der Waals surface area contributed by atoms with E-state index in [2.05, 4.69) is 20.5 Å². The summed E-state index contributed by atoms with van der Waals surface area (Å²) < 4.78 is 0. The van der Waals surface area contributed by atoms with Crippen LogP contribution in [0.3, 0.4) is 0 Å². The highest BCUT2D eigenvalue weighted by Gasteiger charge is 2.36. The van der Waals surface area contributed by atoms with E-state index in [1.54, 1.807) is 24.5 Å². The average Bonchev–Trinajstić information content (AvgIpc) is 3.20. The van der Waals surface area contributed by atoms with Gasteiger partial charge < -0.3 is 5.11 Å². The lowest BCUT2D eigenvalue weighted by molar-refractivity contribution is -0.147. The quantitative estimate of drug-likeness (QED) is 0.815. The molecule has 1 aliphatic carbocycles. The monoisotopic (exact) mass is 332 g/mol. The first-order valence-electron chi connectivity index (χ1n) is 7.42. The molecule has 0 saturated heterocycles. The maximum atomic E-state index is 12.3. The Kier molecular flexibility index (Phi) is 4.61. The number of amides is 1. The second kappa shape index (κ2) is 6.82. The minimum atomic E-state index is -1.08. The van der Waals surface area contributed by atoms with Crippen LogP contribution in [0.4, 0.5) is 5.13 Å². The fourth-order valence-electron chi connectivity index (χ4n) is 2.89. The first-order chi connectivity index (χ1) is 11.1. The van der Waals surface area contributed by atoms with Gasteiger partial charge >= 0.3 is 5.97 Å². The molecule has 3 rings (SSSR count). The van der Waals surface area contributed by atoms with Crippen LogP contribution in [-0.4, -0.2) is 32.2 Å². The van der Waals surface area contributed by atoms with E-state index in [1.165, 1.54) is 11.3 Å². The van der Waals surface area contributed by atoms with Crippen LogP contribution < -0.4 is 5.32 Å².